The molecule has 0 fully saturated rings. The molecule has 0 aliphatic rings. The molecule has 1 amide bonds. The fourth-order valence-corrected chi connectivity index (χ4v) is 1.66. The molecule has 1 aromatic rings. The summed E-state index contributed by atoms with van der Waals surface area (Å²) in [5.41, 5.74) is 5.63. The van der Waals surface area contributed by atoms with Crippen LogP contribution in [0.1, 0.15) is 17.3 Å². The van der Waals surface area contributed by atoms with Gasteiger partial charge in [0.15, 0.2) is 0 Å². The molecule has 5 nitrogen and oxygen atoms in total. The number of benzene rings is 1. The molecule has 6 heteroatoms. The lowest BCUT2D eigenvalue weighted by Crippen LogP contribution is -2.37. The number of nitrogens with zero attached hydrogens (tertiary/aromatic N) is 1. The van der Waals surface area contributed by atoms with Crippen LogP contribution in [0.2, 0.25) is 0 Å². The smallest absolute Gasteiger partial charge is 0.257 e. The van der Waals surface area contributed by atoms with Crippen molar-refractivity contribution in [1.29, 1.82) is 0 Å². The van der Waals surface area contributed by atoms with Crippen LogP contribution in [0.25, 0.3) is 0 Å². The fourth-order valence-electron chi connectivity index (χ4n) is 1.50. The van der Waals surface area contributed by atoms with E-state index in [4.69, 9.17) is 22.7 Å². The summed E-state index contributed by atoms with van der Waals surface area (Å²) < 4.78 is 4.96. The predicted molar refractivity (Wildman–Crippen MR) is 73.0 cm³/mol. The number of carbonyl (C=O) groups excluding carboxylic acids is 1. The van der Waals surface area contributed by atoms with E-state index < -0.39 is 0 Å². The molecular weight excluding hydrogens is 252 g/mol. The summed E-state index contributed by atoms with van der Waals surface area (Å²) in [5.74, 6) is 0.0487. The average Bonchev–Trinajstić information content (AvgIpc) is 2.34. The Bertz CT molecular complexity index is 463. The summed E-state index contributed by atoms with van der Waals surface area (Å²) in [6.45, 7) is 2.47. The molecule has 0 heterocycles. The van der Waals surface area contributed by atoms with Crippen LogP contribution in [0.4, 0.5) is 0 Å². The number of phenolic OH excluding ortho intramolecular Hbond substituents is 1. The van der Waals surface area contributed by atoms with E-state index >= 15 is 0 Å². The van der Waals surface area contributed by atoms with Crippen LogP contribution in [-0.2, 0) is 0 Å². The molecule has 0 aliphatic carbocycles. The summed E-state index contributed by atoms with van der Waals surface area (Å²) in [6, 6.07) is 4.52. The first kappa shape index (κ1) is 14.2. The number of methoxy groups -OCH3 is 1. The third-order valence-electron chi connectivity index (χ3n) is 2.45. The summed E-state index contributed by atoms with van der Waals surface area (Å²) in [4.78, 5) is 13.8. The highest BCUT2D eigenvalue weighted by molar-refractivity contribution is 7.80. The Kier molecular flexibility index (Phi) is 4.91. The lowest BCUT2D eigenvalue weighted by atomic mass is 10.1. The highest BCUT2D eigenvalue weighted by Crippen LogP contribution is 2.24. The van der Waals surface area contributed by atoms with Gasteiger partial charge >= 0.3 is 0 Å². The van der Waals surface area contributed by atoms with Gasteiger partial charge < -0.3 is 20.5 Å². The van der Waals surface area contributed by atoms with Gasteiger partial charge in [0.25, 0.3) is 5.91 Å². The van der Waals surface area contributed by atoms with Crippen molar-refractivity contribution in [2.45, 2.75) is 6.92 Å². The predicted octanol–water partition coefficient (Wildman–Crippen LogP) is 1.15. The van der Waals surface area contributed by atoms with Gasteiger partial charge in [0, 0.05) is 12.6 Å². The molecule has 3 N–H and O–H groups in total. The number of carbonyl (C=O) groups is 1. The molecular formula is C12H16N2O3S. The quantitative estimate of drug-likeness (QED) is 0.783. The lowest BCUT2D eigenvalue weighted by molar-refractivity contribution is 0.0785. The SMILES string of the molecule is CCN(CC(N)=S)C(=O)c1ccc(OC)cc1O. The second-order valence-electron chi connectivity index (χ2n) is 3.67. The minimum atomic E-state index is -0.314. The lowest BCUT2D eigenvalue weighted by Gasteiger charge is -2.20. The van der Waals surface area contributed by atoms with Crippen molar-refractivity contribution in [3.05, 3.63) is 23.8 Å². The number of phenols is 1. The largest absolute Gasteiger partial charge is 0.507 e. The van der Waals surface area contributed by atoms with Gasteiger partial charge in [0.2, 0.25) is 0 Å². The van der Waals surface area contributed by atoms with Gasteiger partial charge in [-0.3, -0.25) is 4.79 Å². The minimum absolute atomic E-state index is 0.124. The molecule has 0 atom stereocenters. The van der Waals surface area contributed by atoms with E-state index in [-0.39, 0.29) is 28.8 Å². The van der Waals surface area contributed by atoms with Crippen LogP contribution >= 0.6 is 12.2 Å². The number of likely N-dealkylation sites (N-methyl/N-ethyl adjacent to an activating group) is 1. The van der Waals surface area contributed by atoms with Gasteiger partial charge in [-0.2, -0.15) is 0 Å². The van der Waals surface area contributed by atoms with Crippen LogP contribution in [-0.4, -0.2) is 41.1 Å². The van der Waals surface area contributed by atoms with Gasteiger partial charge in [-0.1, -0.05) is 12.2 Å². The van der Waals surface area contributed by atoms with E-state index in [1.54, 1.807) is 6.07 Å². The Morgan fingerprint density at radius 1 is 1.56 bits per heavy atom. The van der Waals surface area contributed by atoms with Crippen molar-refractivity contribution >= 4 is 23.1 Å². The van der Waals surface area contributed by atoms with E-state index in [1.165, 1.54) is 24.1 Å². The molecule has 0 saturated heterocycles. The standard InChI is InChI=1S/C12H16N2O3S/c1-3-14(7-11(13)18)12(16)9-5-4-8(17-2)6-10(9)15/h4-6,15H,3,7H2,1-2H3,(H2,13,18). The van der Waals surface area contributed by atoms with Crippen LogP contribution < -0.4 is 10.5 Å². The molecule has 0 unspecified atom stereocenters. The molecule has 0 spiro atoms. The summed E-state index contributed by atoms with van der Waals surface area (Å²) in [5, 5.41) is 9.78. The summed E-state index contributed by atoms with van der Waals surface area (Å²) in [6.07, 6.45) is 0. The third-order valence-corrected chi connectivity index (χ3v) is 2.58. The third kappa shape index (κ3) is 3.33. The normalized spacial score (nSPS) is 9.89. The molecule has 18 heavy (non-hydrogen) atoms. The zero-order chi connectivity index (χ0) is 13.7. The zero-order valence-electron chi connectivity index (χ0n) is 10.3. The van der Waals surface area contributed by atoms with E-state index in [1.807, 2.05) is 6.92 Å². The second-order valence-corrected chi connectivity index (χ2v) is 4.19. The summed E-state index contributed by atoms with van der Waals surface area (Å²) in [7, 11) is 1.49. The van der Waals surface area contributed by atoms with Gasteiger partial charge in [0.05, 0.1) is 24.2 Å². The van der Waals surface area contributed by atoms with Crippen molar-refractivity contribution in [2.24, 2.45) is 5.73 Å². The van der Waals surface area contributed by atoms with Gasteiger partial charge in [-0.05, 0) is 19.1 Å². The fraction of sp³-hybridized carbons (Fsp3) is 0.333. The Hall–Kier alpha value is -1.82. The molecule has 0 bridgehead atoms. The number of rotatable bonds is 5. The first-order valence-corrected chi connectivity index (χ1v) is 5.85. The first-order chi connectivity index (χ1) is 8.49. The van der Waals surface area contributed by atoms with E-state index in [9.17, 15) is 9.90 Å². The van der Waals surface area contributed by atoms with Gasteiger partial charge in [0.1, 0.15) is 11.5 Å². The average molecular weight is 268 g/mol. The van der Waals surface area contributed by atoms with Crippen LogP contribution in [0, 0.1) is 0 Å². The van der Waals surface area contributed by atoms with Gasteiger partial charge in [-0.15, -0.1) is 0 Å². The molecule has 0 aliphatic heterocycles. The number of hydrogen-bond acceptors (Lipinski definition) is 4. The maximum absolute atomic E-state index is 12.1. The topological polar surface area (TPSA) is 75.8 Å². The van der Waals surface area contributed by atoms with Crippen molar-refractivity contribution < 1.29 is 14.6 Å². The number of hydrogen-bond donors (Lipinski definition) is 2. The zero-order valence-corrected chi connectivity index (χ0v) is 11.2. The number of ether oxygens (including phenoxy) is 1. The Labute approximate surface area is 111 Å². The van der Waals surface area contributed by atoms with Gasteiger partial charge in [-0.25, -0.2) is 0 Å². The molecule has 0 aromatic heterocycles. The van der Waals surface area contributed by atoms with Crippen molar-refractivity contribution in [3.63, 3.8) is 0 Å². The molecule has 98 valence electrons. The molecule has 1 aromatic carbocycles. The van der Waals surface area contributed by atoms with Crippen LogP contribution in [0.5, 0.6) is 11.5 Å². The summed E-state index contributed by atoms with van der Waals surface area (Å²) >= 11 is 4.78. The molecule has 0 radical (unpaired) electrons. The van der Waals surface area contributed by atoms with Crippen molar-refractivity contribution in [2.75, 3.05) is 20.2 Å². The number of thiocarbonyl (C=S) groups is 1. The number of aromatic hydroxyl groups is 1. The van der Waals surface area contributed by atoms with Crippen molar-refractivity contribution in [3.8, 4) is 11.5 Å². The maximum atomic E-state index is 12.1. The first-order valence-electron chi connectivity index (χ1n) is 5.44. The second kappa shape index (κ2) is 6.20. The highest BCUT2D eigenvalue weighted by Gasteiger charge is 2.18. The maximum Gasteiger partial charge on any atom is 0.257 e. The Balaban J connectivity index is 2.98. The van der Waals surface area contributed by atoms with Crippen LogP contribution in [0.3, 0.4) is 0 Å². The number of nitrogens with two attached hydrogens (primary N) is 1. The molecule has 0 saturated carbocycles. The minimum Gasteiger partial charge on any atom is -0.507 e. The van der Waals surface area contributed by atoms with Crippen LogP contribution in [0.15, 0.2) is 18.2 Å². The van der Waals surface area contributed by atoms with E-state index in [0.29, 0.717) is 12.3 Å². The Morgan fingerprint density at radius 2 is 2.22 bits per heavy atom. The van der Waals surface area contributed by atoms with Crippen molar-refractivity contribution in [1.82, 2.24) is 4.90 Å². The Morgan fingerprint density at radius 3 is 2.67 bits per heavy atom. The molecule has 1 rings (SSSR count). The van der Waals surface area contributed by atoms with E-state index in [0.717, 1.165) is 0 Å². The highest BCUT2D eigenvalue weighted by atomic mass is 32.1. The monoisotopic (exact) mass is 268 g/mol. The number of amides is 1. The van der Waals surface area contributed by atoms with E-state index in [2.05, 4.69) is 0 Å².